The molecule has 1 aromatic rings. The Balaban J connectivity index is 2.86. The lowest BCUT2D eigenvalue weighted by atomic mass is 10.2. The Morgan fingerprint density at radius 3 is 2.31 bits per heavy atom. The van der Waals surface area contributed by atoms with Gasteiger partial charge in [0.15, 0.2) is 0 Å². The van der Waals surface area contributed by atoms with E-state index in [1.807, 2.05) is 13.0 Å². The van der Waals surface area contributed by atoms with Crippen LogP contribution in [0.15, 0.2) is 18.2 Å². The monoisotopic (exact) mass is 196 g/mol. The van der Waals surface area contributed by atoms with Crippen LogP contribution in [0.3, 0.4) is 0 Å². The first-order chi connectivity index (χ1) is 5.88. The Morgan fingerprint density at radius 2 is 1.85 bits per heavy atom. The van der Waals surface area contributed by atoms with Crippen molar-refractivity contribution in [2.45, 2.75) is 26.6 Å². The number of rotatable bonds is 2. The summed E-state index contributed by atoms with van der Waals surface area (Å²) in [5.74, 6) is 1.18. The largest absolute Gasteiger partial charge is 0.544 e. The Kier molecular flexibility index (Phi) is 2.66. The fourth-order valence-corrected chi connectivity index (χ4v) is 1.88. The second kappa shape index (κ2) is 3.42. The van der Waals surface area contributed by atoms with Gasteiger partial charge in [-0.05, 0) is 50.3 Å². The van der Waals surface area contributed by atoms with Gasteiger partial charge >= 0.3 is 0 Å². The standard InChI is InChI=1S/C10H16O2Si/c1-8-7-9(5-6-10(8)11)12-13(2,3)4/h5-7,11H,1-4H3. The van der Waals surface area contributed by atoms with Crippen molar-refractivity contribution in [3.8, 4) is 11.5 Å². The van der Waals surface area contributed by atoms with Crippen molar-refractivity contribution in [3.63, 3.8) is 0 Å². The molecule has 0 saturated carbocycles. The predicted molar refractivity (Wildman–Crippen MR) is 56.8 cm³/mol. The van der Waals surface area contributed by atoms with Crippen molar-refractivity contribution in [3.05, 3.63) is 23.8 Å². The summed E-state index contributed by atoms with van der Waals surface area (Å²) >= 11 is 0. The summed E-state index contributed by atoms with van der Waals surface area (Å²) in [6.07, 6.45) is 0. The maximum absolute atomic E-state index is 9.30. The highest BCUT2D eigenvalue weighted by Crippen LogP contribution is 2.23. The van der Waals surface area contributed by atoms with Gasteiger partial charge in [0.25, 0.3) is 0 Å². The molecule has 0 aromatic heterocycles. The molecule has 0 heterocycles. The Labute approximate surface area is 80.3 Å². The van der Waals surface area contributed by atoms with Gasteiger partial charge in [-0.2, -0.15) is 0 Å². The number of aromatic hydroxyl groups is 1. The quantitative estimate of drug-likeness (QED) is 0.737. The van der Waals surface area contributed by atoms with Crippen molar-refractivity contribution in [2.75, 3.05) is 0 Å². The molecular formula is C10H16O2Si. The van der Waals surface area contributed by atoms with Crippen LogP contribution in [0.25, 0.3) is 0 Å². The zero-order valence-corrected chi connectivity index (χ0v) is 9.59. The first-order valence-electron chi connectivity index (χ1n) is 4.37. The van der Waals surface area contributed by atoms with Crippen LogP contribution in [-0.4, -0.2) is 13.4 Å². The first-order valence-corrected chi connectivity index (χ1v) is 7.78. The lowest BCUT2D eigenvalue weighted by Gasteiger charge is -2.19. The number of phenolic OH excluding ortho intramolecular Hbond substituents is 1. The Morgan fingerprint density at radius 1 is 1.23 bits per heavy atom. The maximum atomic E-state index is 9.30. The molecule has 0 amide bonds. The molecule has 0 radical (unpaired) electrons. The summed E-state index contributed by atoms with van der Waals surface area (Å²) in [7, 11) is -1.52. The number of hydrogen-bond acceptors (Lipinski definition) is 2. The average Bonchev–Trinajstić information content (AvgIpc) is 1.94. The van der Waals surface area contributed by atoms with E-state index in [9.17, 15) is 5.11 Å². The molecule has 72 valence electrons. The van der Waals surface area contributed by atoms with Gasteiger partial charge in [-0.25, -0.2) is 0 Å². The maximum Gasteiger partial charge on any atom is 0.242 e. The van der Waals surface area contributed by atoms with E-state index in [1.54, 1.807) is 12.1 Å². The van der Waals surface area contributed by atoms with Crippen molar-refractivity contribution < 1.29 is 9.53 Å². The second-order valence-electron chi connectivity index (χ2n) is 4.16. The molecule has 0 aliphatic heterocycles. The van der Waals surface area contributed by atoms with E-state index in [2.05, 4.69) is 19.6 Å². The molecule has 0 bridgehead atoms. The third-order valence-electron chi connectivity index (χ3n) is 1.59. The highest BCUT2D eigenvalue weighted by Gasteiger charge is 2.16. The van der Waals surface area contributed by atoms with Gasteiger partial charge in [0.05, 0.1) is 0 Å². The van der Waals surface area contributed by atoms with Gasteiger partial charge in [0.1, 0.15) is 11.5 Å². The third-order valence-corrected chi connectivity index (χ3v) is 2.44. The van der Waals surface area contributed by atoms with Gasteiger partial charge in [0, 0.05) is 0 Å². The molecule has 3 heteroatoms. The zero-order valence-electron chi connectivity index (χ0n) is 8.59. The number of phenols is 1. The van der Waals surface area contributed by atoms with E-state index >= 15 is 0 Å². The minimum absolute atomic E-state index is 0.322. The topological polar surface area (TPSA) is 29.5 Å². The van der Waals surface area contributed by atoms with Gasteiger partial charge in [-0.15, -0.1) is 0 Å². The molecule has 0 atom stereocenters. The summed E-state index contributed by atoms with van der Waals surface area (Å²) in [4.78, 5) is 0. The van der Waals surface area contributed by atoms with Crippen LogP contribution in [-0.2, 0) is 0 Å². The molecule has 2 nitrogen and oxygen atoms in total. The van der Waals surface area contributed by atoms with Crippen LogP contribution in [0.1, 0.15) is 5.56 Å². The Hall–Kier alpha value is -0.963. The van der Waals surface area contributed by atoms with Crippen LogP contribution >= 0.6 is 0 Å². The van der Waals surface area contributed by atoms with Crippen molar-refractivity contribution >= 4 is 8.32 Å². The molecule has 0 saturated heterocycles. The van der Waals surface area contributed by atoms with Crippen molar-refractivity contribution in [1.82, 2.24) is 0 Å². The number of benzene rings is 1. The molecule has 1 aromatic carbocycles. The predicted octanol–water partition coefficient (Wildman–Crippen LogP) is 2.91. The first kappa shape index (κ1) is 10.1. The van der Waals surface area contributed by atoms with Gasteiger partial charge in [-0.3, -0.25) is 0 Å². The Bertz CT molecular complexity index is 302. The van der Waals surface area contributed by atoms with E-state index in [4.69, 9.17) is 4.43 Å². The van der Waals surface area contributed by atoms with E-state index in [0.29, 0.717) is 5.75 Å². The zero-order chi connectivity index (χ0) is 10.1. The smallest absolute Gasteiger partial charge is 0.242 e. The van der Waals surface area contributed by atoms with E-state index in [0.717, 1.165) is 11.3 Å². The van der Waals surface area contributed by atoms with E-state index < -0.39 is 8.32 Å². The summed E-state index contributed by atoms with van der Waals surface area (Å²) in [5.41, 5.74) is 0.857. The molecule has 1 rings (SSSR count). The van der Waals surface area contributed by atoms with E-state index in [-0.39, 0.29) is 0 Å². The van der Waals surface area contributed by atoms with E-state index in [1.165, 1.54) is 0 Å². The highest BCUT2D eigenvalue weighted by molar-refractivity contribution is 6.70. The molecule has 0 spiro atoms. The van der Waals surface area contributed by atoms with Gasteiger partial charge in [0.2, 0.25) is 8.32 Å². The van der Waals surface area contributed by atoms with Gasteiger partial charge < -0.3 is 9.53 Å². The van der Waals surface area contributed by atoms with Crippen LogP contribution in [0.4, 0.5) is 0 Å². The molecule has 0 aliphatic carbocycles. The van der Waals surface area contributed by atoms with Crippen molar-refractivity contribution in [1.29, 1.82) is 0 Å². The molecular weight excluding hydrogens is 180 g/mol. The number of aryl methyl sites for hydroxylation is 1. The molecule has 0 unspecified atom stereocenters. The summed E-state index contributed by atoms with van der Waals surface area (Å²) in [6, 6.07) is 5.35. The molecule has 0 fully saturated rings. The fraction of sp³-hybridized carbons (Fsp3) is 0.400. The lowest BCUT2D eigenvalue weighted by molar-refractivity contribution is 0.468. The van der Waals surface area contributed by atoms with Gasteiger partial charge in [-0.1, -0.05) is 0 Å². The SMILES string of the molecule is Cc1cc(O[Si](C)(C)C)ccc1O. The normalized spacial score (nSPS) is 11.4. The minimum atomic E-state index is -1.52. The number of hydrogen-bond donors (Lipinski definition) is 1. The molecule has 1 N–H and O–H groups in total. The summed E-state index contributed by atoms with van der Waals surface area (Å²) < 4.78 is 5.77. The molecule has 0 aliphatic rings. The molecule has 13 heavy (non-hydrogen) atoms. The van der Waals surface area contributed by atoms with Crippen LogP contribution < -0.4 is 4.43 Å². The van der Waals surface area contributed by atoms with Crippen LogP contribution in [0.2, 0.25) is 19.6 Å². The summed E-state index contributed by atoms with van der Waals surface area (Å²) in [6.45, 7) is 8.27. The third kappa shape index (κ3) is 3.11. The lowest BCUT2D eigenvalue weighted by Crippen LogP contribution is -2.29. The average molecular weight is 196 g/mol. The van der Waals surface area contributed by atoms with Crippen LogP contribution in [0.5, 0.6) is 11.5 Å². The highest BCUT2D eigenvalue weighted by atomic mass is 28.4. The minimum Gasteiger partial charge on any atom is -0.544 e. The second-order valence-corrected chi connectivity index (χ2v) is 8.59. The fourth-order valence-electron chi connectivity index (χ4n) is 1.04. The van der Waals surface area contributed by atoms with Crippen LogP contribution in [0, 0.1) is 6.92 Å². The summed E-state index contributed by atoms with van der Waals surface area (Å²) in [5, 5.41) is 9.30. The van der Waals surface area contributed by atoms with Crippen molar-refractivity contribution in [2.24, 2.45) is 0 Å².